The van der Waals surface area contributed by atoms with Crippen molar-refractivity contribution < 1.29 is 4.79 Å². The second kappa shape index (κ2) is 5.14. The summed E-state index contributed by atoms with van der Waals surface area (Å²) >= 11 is 0. The molecular formula is C14H18N4O. The molecule has 5 nitrogen and oxygen atoms in total. The molecule has 0 saturated carbocycles. The Labute approximate surface area is 112 Å². The molecule has 0 aliphatic heterocycles. The first-order valence-electron chi connectivity index (χ1n) is 6.15. The van der Waals surface area contributed by atoms with Crippen LogP contribution in [0.25, 0.3) is 0 Å². The maximum atomic E-state index is 12.2. The van der Waals surface area contributed by atoms with Gasteiger partial charge in [0.1, 0.15) is 5.69 Å². The minimum atomic E-state index is -0.211. The van der Waals surface area contributed by atoms with E-state index in [9.17, 15) is 4.79 Å². The lowest BCUT2D eigenvalue weighted by Crippen LogP contribution is -2.29. The van der Waals surface area contributed by atoms with Gasteiger partial charge in [-0.05, 0) is 19.4 Å². The van der Waals surface area contributed by atoms with Gasteiger partial charge < -0.3 is 11.1 Å². The van der Waals surface area contributed by atoms with Crippen molar-refractivity contribution in [3.05, 3.63) is 47.3 Å². The number of anilines is 1. The van der Waals surface area contributed by atoms with Crippen molar-refractivity contribution in [1.82, 2.24) is 15.1 Å². The van der Waals surface area contributed by atoms with Crippen molar-refractivity contribution in [3.8, 4) is 0 Å². The van der Waals surface area contributed by atoms with Crippen molar-refractivity contribution in [1.29, 1.82) is 0 Å². The normalized spacial score (nSPS) is 12.2. The SMILES string of the molecule is Cc1nn(C)c(C(=O)N[C@H](C)c2ccccc2)c1N. The second-order valence-electron chi connectivity index (χ2n) is 4.58. The van der Waals surface area contributed by atoms with E-state index in [0.717, 1.165) is 5.56 Å². The molecule has 1 aromatic heterocycles. The fourth-order valence-corrected chi connectivity index (χ4v) is 2.03. The Kier molecular flexibility index (Phi) is 3.55. The third kappa shape index (κ3) is 2.59. The predicted octanol–water partition coefficient (Wildman–Crippen LogP) is 1.80. The highest BCUT2D eigenvalue weighted by Crippen LogP contribution is 2.17. The van der Waals surface area contributed by atoms with Crippen LogP contribution in [0.3, 0.4) is 0 Å². The van der Waals surface area contributed by atoms with Crippen LogP contribution in [0.2, 0.25) is 0 Å². The smallest absolute Gasteiger partial charge is 0.272 e. The highest BCUT2D eigenvalue weighted by Gasteiger charge is 2.19. The maximum absolute atomic E-state index is 12.2. The van der Waals surface area contributed by atoms with Gasteiger partial charge in [-0.2, -0.15) is 5.10 Å². The Balaban J connectivity index is 2.18. The molecule has 1 amide bonds. The summed E-state index contributed by atoms with van der Waals surface area (Å²) in [5.74, 6) is -0.211. The van der Waals surface area contributed by atoms with Gasteiger partial charge in [0, 0.05) is 7.05 Å². The highest BCUT2D eigenvalue weighted by atomic mass is 16.2. The summed E-state index contributed by atoms with van der Waals surface area (Å²) in [4.78, 5) is 12.2. The monoisotopic (exact) mass is 258 g/mol. The molecule has 5 heteroatoms. The summed E-state index contributed by atoms with van der Waals surface area (Å²) < 4.78 is 1.51. The third-order valence-corrected chi connectivity index (χ3v) is 3.13. The Hall–Kier alpha value is -2.30. The standard InChI is InChI=1S/C14H18N4O/c1-9(11-7-5-4-6-8-11)16-14(19)13-12(15)10(2)17-18(13)3/h4-9H,15H2,1-3H3,(H,16,19)/t9-/m1/s1. The molecule has 1 atom stereocenters. The Bertz CT molecular complexity index is 589. The van der Waals surface area contributed by atoms with E-state index in [-0.39, 0.29) is 11.9 Å². The number of nitrogens with two attached hydrogens (primary N) is 1. The fourth-order valence-electron chi connectivity index (χ4n) is 2.03. The van der Waals surface area contributed by atoms with Gasteiger partial charge in [0.15, 0.2) is 0 Å². The maximum Gasteiger partial charge on any atom is 0.272 e. The lowest BCUT2D eigenvalue weighted by Gasteiger charge is -2.14. The first-order valence-corrected chi connectivity index (χ1v) is 6.15. The second-order valence-corrected chi connectivity index (χ2v) is 4.58. The Morgan fingerprint density at radius 2 is 2.00 bits per heavy atom. The first-order chi connectivity index (χ1) is 9.00. The number of aromatic nitrogens is 2. The minimum Gasteiger partial charge on any atom is -0.395 e. The first kappa shape index (κ1) is 13.1. The van der Waals surface area contributed by atoms with Crippen LogP contribution in [-0.4, -0.2) is 15.7 Å². The molecule has 0 fully saturated rings. The molecule has 19 heavy (non-hydrogen) atoms. The van der Waals surface area contributed by atoms with Crippen LogP contribution in [0.4, 0.5) is 5.69 Å². The lowest BCUT2D eigenvalue weighted by molar-refractivity contribution is 0.0931. The van der Waals surface area contributed by atoms with E-state index in [1.54, 1.807) is 14.0 Å². The summed E-state index contributed by atoms with van der Waals surface area (Å²) in [6.45, 7) is 3.72. The van der Waals surface area contributed by atoms with E-state index in [2.05, 4.69) is 10.4 Å². The van der Waals surface area contributed by atoms with Crippen molar-refractivity contribution in [2.24, 2.45) is 7.05 Å². The van der Waals surface area contributed by atoms with Gasteiger partial charge in [-0.3, -0.25) is 9.48 Å². The number of aryl methyl sites for hydroxylation is 2. The number of hydrogen-bond donors (Lipinski definition) is 2. The Morgan fingerprint density at radius 3 is 2.53 bits per heavy atom. The summed E-state index contributed by atoms with van der Waals surface area (Å²) in [5, 5.41) is 7.07. The summed E-state index contributed by atoms with van der Waals surface area (Å²) in [6.07, 6.45) is 0. The molecule has 1 heterocycles. The molecule has 2 rings (SSSR count). The van der Waals surface area contributed by atoms with Gasteiger partial charge in [-0.25, -0.2) is 0 Å². The number of carbonyl (C=O) groups excluding carboxylic acids is 1. The van der Waals surface area contributed by atoms with E-state index in [4.69, 9.17) is 5.73 Å². The number of carbonyl (C=O) groups is 1. The molecule has 100 valence electrons. The fraction of sp³-hybridized carbons (Fsp3) is 0.286. The van der Waals surface area contributed by atoms with E-state index < -0.39 is 0 Å². The molecule has 0 saturated heterocycles. The molecule has 1 aromatic carbocycles. The number of nitrogen functional groups attached to an aromatic ring is 1. The van der Waals surface area contributed by atoms with Crippen LogP contribution < -0.4 is 11.1 Å². The van der Waals surface area contributed by atoms with Crippen LogP contribution in [0, 0.1) is 6.92 Å². The van der Waals surface area contributed by atoms with E-state index in [1.807, 2.05) is 37.3 Å². The predicted molar refractivity (Wildman–Crippen MR) is 74.7 cm³/mol. The number of benzene rings is 1. The molecule has 0 bridgehead atoms. The molecule has 0 radical (unpaired) electrons. The van der Waals surface area contributed by atoms with Crippen molar-refractivity contribution >= 4 is 11.6 Å². The molecule has 0 aliphatic carbocycles. The van der Waals surface area contributed by atoms with E-state index in [0.29, 0.717) is 17.1 Å². The number of nitrogens with zero attached hydrogens (tertiary/aromatic N) is 2. The van der Waals surface area contributed by atoms with Crippen LogP contribution in [-0.2, 0) is 7.05 Å². The topological polar surface area (TPSA) is 72.9 Å². The Morgan fingerprint density at radius 1 is 1.37 bits per heavy atom. The molecule has 0 spiro atoms. The molecule has 0 aliphatic rings. The largest absolute Gasteiger partial charge is 0.395 e. The van der Waals surface area contributed by atoms with Gasteiger partial charge in [0.05, 0.1) is 17.4 Å². The zero-order valence-electron chi connectivity index (χ0n) is 11.3. The van der Waals surface area contributed by atoms with Crippen molar-refractivity contribution in [2.75, 3.05) is 5.73 Å². The van der Waals surface area contributed by atoms with Gasteiger partial charge in [0.25, 0.3) is 5.91 Å². The number of hydrogen-bond acceptors (Lipinski definition) is 3. The lowest BCUT2D eigenvalue weighted by atomic mass is 10.1. The molecule has 0 unspecified atom stereocenters. The zero-order valence-corrected chi connectivity index (χ0v) is 11.3. The summed E-state index contributed by atoms with van der Waals surface area (Å²) in [6, 6.07) is 9.70. The van der Waals surface area contributed by atoms with Crippen molar-refractivity contribution in [3.63, 3.8) is 0 Å². The van der Waals surface area contributed by atoms with Crippen LogP contribution in [0.1, 0.15) is 34.7 Å². The summed E-state index contributed by atoms with van der Waals surface area (Å²) in [7, 11) is 1.71. The molecule has 2 aromatic rings. The zero-order chi connectivity index (χ0) is 14.0. The molecular weight excluding hydrogens is 240 g/mol. The van der Waals surface area contributed by atoms with Crippen LogP contribution >= 0.6 is 0 Å². The van der Waals surface area contributed by atoms with E-state index >= 15 is 0 Å². The van der Waals surface area contributed by atoms with Crippen LogP contribution in [0.15, 0.2) is 30.3 Å². The van der Waals surface area contributed by atoms with Gasteiger partial charge in [-0.1, -0.05) is 30.3 Å². The number of amides is 1. The number of rotatable bonds is 3. The number of nitrogens with one attached hydrogen (secondary N) is 1. The average Bonchev–Trinajstić information content (AvgIpc) is 2.64. The highest BCUT2D eigenvalue weighted by molar-refractivity contribution is 5.98. The minimum absolute atomic E-state index is 0.0803. The average molecular weight is 258 g/mol. The molecule has 3 N–H and O–H groups in total. The van der Waals surface area contributed by atoms with Gasteiger partial charge >= 0.3 is 0 Å². The van der Waals surface area contributed by atoms with Crippen molar-refractivity contribution in [2.45, 2.75) is 19.9 Å². The van der Waals surface area contributed by atoms with Crippen LogP contribution in [0.5, 0.6) is 0 Å². The summed E-state index contributed by atoms with van der Waals surface area (Å²) in [5.41, 5.74) is 8.42. The quantitative estimate of drug-likeness (QED) is 0.881. The van der Waals surface area contributed by atoms with E-state index in [1.165, 1.54) is 4.68 Å². The third-order valence-electron chi connectivity index (χ3n) is 3.13. The van der Waals surface area contributed by atoms with Gasteiger partial charge in [-0.15, -0.1) is 0 Å². The van der Waals surface area contributed by atoms with Gasteiger partial charge in [0.2, 0.25) is 0 Å².